The highest BCUT2D eigenvalue weighted by Crippen LogP contribution is 2.27. The van der Waals surface area contributed by atoms with Gasteiger partial charge < -0.3 is 15.1 Å². The normalized spacial score (nSPS) is 26.6. The van der Waals surface area contributed by atoms with E-state index in [0.717, 1.165) is 38.5 Å². The fourth-order valence-electron chi connectivity index (χ4n) is 2.78. The molecule has 3 rings (SSSR count). The minimum atomic E-state index is 0.643. The van der Waals surface area contributed by atoms with E-state index in [1.807, 2.05) is 0 Å². The lowest BCUT2D eigenvalue weighted by atomic mass is 10.1. The second-order valence-electron chi connectivity index (χ2n) is 5.17. The number of nitrogens with one attached hydrogen (secondary N) is 2. The Bertz CT molecular complexity index is 349. The van der Waals surface area contributed by atoms with E-state index in [1.165, 1.54) is 18.7 Å². The summed E-state index contributed by atoms with van der Waals surface area (Å²) in [6, 6.07) is 2.25. The molecule has 0 aromatic carbocycles. The van der Waals surface area contributed by atoms with Gasteiger partial charge in [0, 0.05) is 50.4 Å². The highest BCUT2D eigenvalue weighted by molar-refractivity contribution is 5.41. The summed E-state index contributed by atoms with van der Waals surface area (Å²) in [5.41, 5.74) is 1.31. The van der Waals surface area contributed by atoms with Gasteiger partial charge in [-0.2, -0.15) is 5.10 Å². The molecule has 2 aliphatic rings. The minimum Gasteiger partial charge on any atom is -0.353 e. The summed E-state index contributed by atoms with van der Waals surface area (Å²) in [5, 5.41) is 11.1. The van der Waals surface area contributed by atoms with Gasteiger partial charge in [-0.05, 0) is 20.0 Å². The summed E-state index contributed by atoms with van der Waals surface area (Å²) in [7, 11) is 2.19. The molecule has 1 aromatic heterocycles. The van der Waals surface area contributed by atoms with E-state index in [4.69, 9.17) is 0 Å². The van der Waals surface area contributed by atoms with Crippen molar-refractivity contribution in [2.45, 2.75) is 12.3 Å². The van der Waals surface area contributed by atoms with Crippen LogP contribution >= 0.6 is 0 Å². The molecule has 0 bridgehead atoms. The lowest BCUT2D eigenvalue weighted by Gasteiger charge is -2.26. The number of piperazine rings is 1. The van der Waals surface area contributed by atoms with Crippen molar-refractivity contribution >= 4 is 5.82 Å². The highest BCUT2D eigenvalue weighted by Gasteiger charge is 2.23. The van der Waals surface area contributed by atoms with E-state index in [1.54, 1.807) is 0 Å². The zero-order chi connectivity index (χ0) is 11.7. The van der Waals surface area contributed by atoms with E-state index >= 15 is 0 Å². The summed E-state index contributed by atoms with van der Waals surface area (Å²) >= 11 is 0. The zero-order valence-corrected chi connectivity index (χ0v) is 10.4. The SMILES string of the molecule is CN1CCC(c2cc(N3CCNCC3)n[nH]2)C1. The summed E-state index contributed by atoms with van der Waals surface area (Å²) in [5.74, 6) is 1.76. The maximum Gasteiger partial charge on any atom is 0.150 e. The number of hydrogen-bond acceptors (Lipinski definition) is 4. The van der Waals surface area contributed by atoms with Crippen molar-refractivity contribution in [3.05, 3.63) is 11.8 Å². The quantitative estimate of drug-likeness (QED) is 0.771. The predicted octanol–water partition coefficient (Wildman–Crippen LogP) is 0.238. The van der Waals surface area contributed by atoms with Crippen molar-refractivity contribution < 1.29 is 0 Å². The third kappa shape index (κ3) is 2.30. The molecule has 94 valence electrons. The molecule has 3 heterocycles. The average molecular weight is 235 g/mol. The minimum absolute atomic E-state index is 0.643. The van der Waals surface area contributed by atoms with Crippen molar-refractivity contribution in [2.75, 3.05) is 51.2 Å². The first-order chi connectivity index (χ1) is 8.33. The van der Waals surface area contributed by atoms with Gasteiger partial charge in [0.15, 0.2) is 5.82 Å². The predicted molar refractivity (Wildman–Crippen MR) is 68.5 cm³/mol. The van der Waals surface area contributed by atoms with Crippen LogP contribution in [0.3, 0.4) is 0 Å². The lowest BCUT2D eigenvalue weighted by Crippen LogP contribution is -2.43. The van der Waals surface area contributed by atoms with Gasteiger partial charge in [-0.3, -0.25) is 5.10 Å². The van der Waals surface area contributed by atoms with Crippen LogP contribution in [0.15, 0.2) is 6.07 Å². The van der Waals surface area contributed by atoms with Crippen molar-refractivity contribution in [3.63, 3.8) is 0 Å². The van der Waals surface area contributed by atoms with Crippen molar-refractivity contribution in [1.82, 2.24) is 20.4 Å². The Balaban J connectivity index is 1.69. The highest BCUT2D eigenvalue weighted by atomic mass is 15.3. The van der Waals surface area contributed by atoms with E-state index in [0.29, 0.717) is 5.92 Å². The van der Waals surface area contributed by atoms with Crippen LogP contribution in [0.5, 0.6) is 0 Å². The molecule has 0 saturated carbocycles. The van der Waals surface area contributed by atoms with Gasteiger partial charge in [0.1, 0.15) is 0 Å². The fraction of sp³-hybridized carbons (Fsp3) is 0.750. The molecule has 17 heavy (non-hydrogen) atoms. The first-order valence-electron chi connectivity index (χ1n) is 6.52. The molecule has 1 aromatic rings. The zero-order valence-electron chi connectivity index (χ0n) is 10.4. The van der Waals surface area contributed by atoms with Crippen LogP contribution in [0, 0.1) is 0 Å². The molecule has 5 heteroatoms. The first kappa shape index (κ1) is 11.0. The Morgan fingerprint density at radius 3 is 2.82 bits per heavy atom. The van der Waals surface area contributed by atoms with Gasteiger partial charge in [-0.25, -0.2) is 0 Å². The van der Waals surface area contributed by atoms with E-state index in [9.17, 15) is 0 Å². The Morgan fingerprint density at radius 1 is 1.29 bits per heavy atom. The van der Waals surface area contributed by atoms with Crippen LogP contribution in [0.25, 0.3) is 0 Å². The molecule has 5 nitrogen and oxygen atoms in total. The molecular weight excluding hydrogens is 214 g/mol. The van der Waals surface area contributed by atoms with Gasteiger partial charge in [0.2, 0.25) is 0 Å². The molecular formula is C12H21N5. The molecule has 2 N–H and O–H groups in total. The number of aromatic nitrogens is 2. The monoisotopic (exact) mass is 235 g/mol. The van der Waals surface area contributed by atoms with Crippen molar-refractivity contribution in [1.29, 1.82) is 0 Å². The number of hydrogen-bond donors (Lipinski definition) is 2. The van der Waals surface area contributed by atoms with Crippen LogP contribution < -0.4 is 10.2 Å². The molecule has 0 spiro atoms. The molecule has 2 fully saturated rings. The van der Waals surface area contributed by atoms with Crippen LogP contribution in [-0.4, -0.2) is 61.4 Å². The number of H-pyrrole nitrogens is 1. The third-order valence-electron chi connectivity index (χ3n) is 3.86. The standard InChI is InChI=1S/C12H21N5/c1-16-5-2-10(9-16)11-8-12(15-14-11)17-6-3-13-4-7-17/h8,10,13H,2-7,9H2,1H3,(H,14,15). The summed E-state index contributed by atoms with van der Waals surface area (Å²) in [6.45, 7) is 6.61. The van der Waals surface area contributed by atoms with Crippen molar-refractivity contribution in [2.24, 2.45) is 0 Å². The van der Waals surface area contributed by atoms with Gasteiger partial charge >= 0.3 is 0 Å². The first-order valence-corrected chi connectivity index (χ1v) is 6.52. The topological polar surface area (TPSA) is 47.2 Å². The number of nitrogens with zero attached hydrogens (tertiary/aromatic N) is 3. The summed E-state index contributed by atoms with van der Waals surface area (Å²) in [6.07, 6.45) is 1.25. The van der Waals surface area contributed by atoms with E-state index in [2.05, 4.69) is 38.4 Å². The molecule has 0 radical (unpaired) electrons. The molecule has 0 amide bonds. The van der Waals surface area contributed by atoms with Crippen LogP contribution in [0.2, 0.25) is 0 Å². The Labute approximate surface area is 102 Å². The smallest absolute Gasteiger partial charge is 0.150 e. The van der Waals surface area contributed by atoms with Crippen LogP contribution in [0.1, 0.15) is 18.0 Å². The number of likely N-dealkylation sites (tertiary alicyclic amines) is 1. The van der Waals surface area contributed by atoms with Crippen LogP contribution in [0.4, 0.5) is 5.82 Å². The second kappa shape index (κ2) is 4.66. The molecule has 2 saturated heterocycles. The largest absolute Gasteiger partial charge is 0.353 e. The van der Waals surface area contributed by atoms with E-state index < -0.39 is 0 Å². The number of anilines is 1. The van der Waals surface area contributed by atoms with Gasteiger partial charge in [0.25, 0.3) is 0 Å². The summed E-state index contributed by atoms with van der Waals surface area (Å²) in [4.78, 5) is 4.74. The number of likely N-dealkylation sites (N-methyl/N-ethyl adjacent to an activating group) is 1. The van der Waals surface area contributed by atoms with E-state index in [-0.39, 0.29) is 0 Å². The maximum absolute atomic E-state index is 4.46. The molecule has 2 aliphatic heterocycles. The summed E-state index contributed by atoms with van der Waals surface area (Å²) < 4.78 is 0. The second-order valence-corrected chi connectivity index (χ2v) is 5.17. The Morgan fingerprint density at radius 2 is 2.12 bits per heavy atom. The molecule has 0 aliphatic carbocycles. The number of rotatable bonds is 2. The van der Waals surface area contributed by atoms with Crippen LogP contribution in [-0.2, 0) is 0 Å². The lowest BCUT2D eigenvalue weighted by molar-refractivity contribution is 0.410. The Hall–Kier alpha value is -1.07. The Kier molecular flexibility index (Phi) is 3.03. The van der Waals surface area contributed by atoms with Gasteiger partial charge in [-0.15, -0.1) is 0 Å². The fourth-order valence-corrected chi connectivity index (χ4v) is 2.78. The number of aromatic amines is 1. The van der Waals surface area contributed by atoms with Gasteiger partial charge in [0.05, 0.1) is 0 Å². The molecule has 1 atom stereocenters. The molecule has 1 unspecified atom stereocenters. The van der Waals surface area contributed by atoms with Crippen molar-refractivity contribution in [3.8, 4) is 0 Å². The average Bonchev–Trinajstić information content (AvgIpc) is 2.98. The third-order valence-corrected chi connectivity index (χ3v) is 3.86. The van der Waals surface area contributed by atoms with Gasteiger partial charge in [-0.1, -0.05) is 0 Å². The maximum atomic E-state index is 4.46.